The first kappa shape index (κ1) is 12.8. The molecule has 2 aliphatic rings. The van der Waals surface area contributed by atoms with Crippen molar-refractivity contribution in [2.45, 2.75) is 38.3 Å². The molecule has 5 heteroatoms. The lowest BCUT2D eigenvalue weighted by molar-refractivity contribution is 0.0706. The zero-order valence-electron chi connectivity index (χ0n) is 11.5. The Morgan fingerprint density at radius 1 is 1.21 bits per heavy atom. The minimum absolute atomic E-state index is 0.240. The summed E-state index contributed by atoms with van der Waals surface area (Å²) in [5.74, 6) is 0.749. The van der Waals surface area contributed by atoms with Crippen molar-refractivity contribution in [3.05, 3.63) is 18.0 Å². The molecule has 2 saturated heterocycles. The van der Waals surface area contributed by atoms with Crippen LogP contribution in [-0.4, -0.2) is 58.3 Å². The fraction of sp³-hybridized carbons (Fsp3) is 0.714. The third kappa shape index (κ3) is 2.72. The van der Waals surface area contributed by atoms with Crippen molar-refractivity contribution >= 4 is 5.95 Å². The van der Waals surface area contributed by atoms with E-state index in [0.717, 1.165) is 31.3 Å². The molecule has 2 fully saturated rings. The van der Waals surface area contributed by atoms with Crippen molar-refractivity contribution in [3.8, 4) is 0 Å². The summed E-state index contributed by atoms with van der Waals surface area (Å²) in [6.07, 6.45) is 5.33. The highest BCUT2D eigenvalue weighted by molar-refractivity contribution is 5.33. The number of aliphatic hydroxyl groups is 1. The van der Waals surface area contributed by atoms with Gasteiger partial charge in [-0.1, -0.05) is 6.42 Å². The molecule has 1 aromatic rings. The maximum absolute atomic E-state index is 10.3. The van der Waals surface area contributed by atoms with E-state index in [0.29, 0.717) is 6.54 Å². The van der Waals surface area contributed by atoms with Crippen LogP contribution in [0.15, 0.2) is 12.3 Å². The van der Waals surface area contributed by atoms with Gasteiger partial charge in [-0.05, 0) is 38.9 Å². The highest BCUT2D eigenvalue weighted by Crippen LogP contribution is 2.23. The molecule has 5 nitrogen and oxygen atoms in total. The van der Waals surface area contributed by atoms with Crippen molar-refractivity contribution in [2.24, 2.45) is 0 Å². The molecule has 0 unspecified atom stereocenters. The Hall–Kier alpha value is -1.20. The van der Waals surface area contributed by atoms with Crippen LogP contribution in [0, 0.1) is 6.92 Å². The van der Waals surface area contributed by atoms with Crippen LogP contribution >= 0.6 is 0 Å². The van der Waals surface area contributed by atoms with E-state index in [4.69, 9.17) is 0 Å². The summed E-state index contributed by atoms with van der Waals surface area (Å²) in [5.41, 5.74) is 0.973. The number of aliphatic hydroxyl groups excluding tert-OH is 1. The van der Waals surface area contributed by atoms with Gasteiger partial charge in [0.05, 0.1) is 12.1 Å². The van der Waals surface area contributed by atoms with Crippen LogP contribution in [0.5, 0.6) is 0 Å². The van der Waals surface area contributed by atoms with E-state index in [2.05, 4.69) is 19.8 Å². The van der Waals surface area contributed by atoms with Gasteiger partial charge in [-0.2, -0.15) is 0 Å². The van der Waals surface area contributed by atoms with Crippen molar-refractivity contribution < 1.29 is 5.11 Å². The fourth-order valence-corrected chi connectivity index (χ4v) is 3.13. The Morgan fingerprint density at radius 3 is 2.74 bits per heavy atom. The molecule has 0 aromatic carbocycles. The molecule has 2 atom stereocenters. The molecular weight excluding hydrogens is 240 g/mol. The average molecular weight is 262 g/mol. The Morgan fingerprint density at radius 2 is 2.00 bits per heavy atom. The van der Waals surface area contributed by atoms with Crippen molar-refractivity contribution in [3.63, 3.8) is 0 Å². The first-order chi connectivity index (χ1) is 9.24. The Kier molecular flexibility index (Phi) is 3.66. The predicted octanol–water partition coefficient (Wildman–Crippen LogP) is 0.820. The molecule has 0 aliphatic carbocycles. The van der Waals surface area contributed by atoms with E-state index in [-0.39, 0.29) is 12.1 Å². The number of hydrogen-bond acceptors (Lipinski definition) is 5. The van der Waals surface area contributed by atoms with E-state index in [1.807, 2.05) is 13.0 Å². The van der Waals surface area contributed by atoms with Gasteiger partial charge in [-0.25, -0.2) is 9.97 Å². The lowest BCUT2D eigenvalue weighted by Crippen LogP contribution is -2.45. The molecule has 19 heavy (non-hydrogen) atoms. The second kappa shape index (κ2) is 5.43. The van der Waals surface area contributed by atoms with Gasteiger partial charge in [0.25, 0.3) is 0 Å². The minimum atomic E-state index is -0.290. The molecular formula is C14H22N4O. The van der Waals surface area contributed by atoms with Gasteiger partial charge in [0.2, 0.25) is 5.95 Å². The van der Waals surface area contributed by atoms with E-state index < -0.39 is 0 Å². The predicted molar refractivity (Wildman–Crippen MR) is 74.2 cm³/mol. The molecule has 0 bridgehead atoms. The molecule has 0 radical (unpaired) electrons. The average Bonchev–Trinajstić information content (AvgIpc) is 2.82. The van der Waals surface area contributed by atoms with Crippen molar-refractivity contribution in [1.82, 2.24) is 14.9 Å². The second-order valence-corrected chi connectivity index (χ2v) is 5.63. The summed E-state index contributed by atoms with van der Waals surface area (Å²) in [7, 11) is 0. The summed E-state index contributed by atoms with van der Waals surface area (Å²) >= 11 is 0. The van der Waals surface area contributed by atoms with Crippen molar-refractivity contribution in [1.29, 1.82) is 0 Å². The zero-order chi connectivity index (χ0) is 13.2. The van der Waals surface area contributed by atoms with Gasteiger partial charge in [0, 0.05) is 25.0 Å². The number of β-amino-alcohol motifs (C(OH)–C–C–N with tert-alkyl or cyclic N) is 1. The van der Waals surface area contributed by atoms with Crippen LogP contribution in [-0.2, 0) is 0 Å². The van der Waals surface area contributed by atoms with Gasteiger partial charge in [-0.3, -0.25) is 4.90 Å². The molecule has 1 aromatic heterocycles. The Balaban J connectivity index is 1.70. The molecule has 2 aliphatic heterocycles. The summed E-state index contributed by atoms with van der Waals surface area (Å²) in [6, 6.07) is 2.14. The number of nitrogens with zero attached hydrogens (tertiary/aromatic N) is 4. The van der Waals surface area contributed by atoms with Crippen LogP contribution < -0.4 is 4.90 Å². The molecule has 104 valence electrons. The van der Waals surface area contributed by atoms with Crippen LogP contribution in [0.4, 0.5) is 5.95 Å². The van der Waals surface area contributed by atoms with E-state index in [1.54, 1.807) is 6.20 Å². The van der Waals surface area contributed by atoms with Gasteiger partial charge in [0.15, 0.2) is 0 Å². The number of aromatic nitrogens is 2. The summed E-state index contributed by atoms with van der Waals surface area (Å²) in [5, 5.41) is 10.3. The van der Waals surface area contributed by atoms with Gasteiger partial charge < -0.3 is 10.0 Å². The molecule has 1 N–H and O–H groups in total. The number of aryl methyl sites for hydroxylation is 1. The molecule has 0 amide bonds. The molecule has 3 rings (SSSR count). The topological polar surface area (TPSA) is 52.5 Å². The quantitative estimate of drug-likeness (QED) is 0.855. The molecule has 3 heterocycles. The first-order valence-corrected chi connectivity index (χ1v) is 7.21. The van der Waals surface area contributed by atoms with Crippen LogP contribution in [0.1, 0.15) is 25.0 Å². The van der Waals surface area contributed by atoms with Gasteiger partial charge in [0.1, 0.15) is 0 Å². The number of anilines is 1. The number of hydrogen-bond donors (Lipinski definition) is 1. The SMILES string of the molecule is Cc1ccnc(N2C[C@@H](O)[C@H](N3CCCCC3)C2)n1. The van der Waals surface area contributed by atoms with Gasteiger partial charge in [-0.15, -0.1) is 0 Å². The number of rotatable bonds is 2. The number of piperidine rings is 1. The monoisotopic (exact) mass is 262 g/mol. The lowest BCUT2D eigenvalue weighted by atomic mass is 10.1. The summed E-state index contributed by atoms with van der Waals surface area (Å²) in [4.78, 5) is 13.3. The molecule has 0 saturated carbocycles. The van der Waals surface area contributed by atoms with Gasteiger partial charge >= 0.3 is 0 Å². The Bertz CT molecular complexity index is 433. The summed E-state index contributed by atoms with van der Waals surface area (Å²) < 4.78 is 0. The normalized spacial score (nSPS) is 28.8. The smallest absolute Gasteiger partial charge is 0.225 e. The highest BCUT2D eigenvalue weighted by atomic mass is 16.3. The van der Waals surface area contributed by atoms with E-state index in [9.17, 15) is 5.11 Å². The highest BCUT2D eigenvalue weighted by Gasteiger charge is 2.36. The molecule has 0 spiro atoms. The Labute approximate surface area is 114 Å². The second-order valence-electron chi connectivity index (χ2n) is 5.63. The van der Waals surface area contributed by atoms with Crippen LogP contribution in [0.3, 0.4) is 0 Å². The summed E-state index contributed by atoms with van der Waals surface area (Å²) in [6.45, 7) is 5.68. The largest absolute Gasteiger partial charge is 0.390 e. The lowest BCUT2D eigenvalue weighted by Gasteiger charge is -2.33. The van der Waals surface area contributed by atoms with Crippen LogP contribution in [0.25, 0.3) is 0 Å². The number of likely N-dealkylation sites (tertiary alicyclic amines) is 1. The third-order valence-electron chi connectivity index (χ3n) is 4.18. The zero-order valence-corrected chi connectivity index (χ0v) is 11.5. The minimum Gasteiger partial charge on any atom is -0.390 e. The third-order valence-corrected chi connectivity index (χ3v) is 4.18. The van der Waals surface area contributed by atoms with Crippen molar-refractivity contribution in [2.75, 3.05) is 31.1 Å². The maximum atomic E-state index is 10.3. The van der Waals surface area contributed by atoms with E-state index >= 15 is 0 Å². The first-order valence-electron chi connectivity index (χ1n) is 7.21. The standard InChI is InChI=1S/C14H22N4O/c1-11-5-6-15-14(16-11)18-9-12(13(19)10-18)17-7-3-2-4-8-17/h5-6,12-13,19H,2-4,7-10H2,1H3/t12-,13-/m1/s1. The van der Waals surface area contributed by atoms with E-state index in [1.165, 1.54) is 19.3 Å². The fourth-order valence-electron chi connectivity index (χ4n) is 3.13. The van der Waals surface area contributed by atoms with Crippen LogP contribution in [0.2, 0.25) is 0 Å². The maximum Gasteiger partial charge on any atom is 0.225 e.